The zero-order valence-electron chi connectivity index (χ0n) is 12.6. The maximum atomic E-state index is 11.6. The van der Waals surface area contributed by atoms with Crippen molar-refractivity contribution in [3.8, 4) is 11.5 Å². The highest BCUT2D eigenvalue weighted by atomic mass is 16.5. The topological polar surface area (TPSA) is 59.9 Å². The molecule has 5 nitrogen and oxygen atoms in total. The van der Waals surface area contributed by atoms with E-state index < -0.39 is 0 Å². The van der Waals surface area contributed by atoms with Crippen LogP contribution in [0.15, 0.2) is 53.6 Å². The summed E-state index contributed by atoms with van der Waals surface area (Å²) in [5, 5.41) is 3.88. The first kappa shape index (κ1) is 15.6. The second-order valence-electron chi connectivity index (χ2n) is 4.67. The van der Waals surface area contributed by atoms with Gasteiger partial charge in [0.1, 0.15) is 11.5 Å². The van der Waals surface area contributed by atoms with Gasteiger partial charge in [-0.1, -0.05) is 12.1 Å². The lowest BCUT2D eigenvalue weighted by molar-refractivity contribution is -0.123. The summed E-state index contributed by atoms with van der Waals surface area (Å²) in [6, 6.07) is 14.9. The maximum Gasteiger partial charge on any atom is 0.277 e. The zero-order chi connectivity index (χ0) is 15.8. The van der Waals surface area contributed by atoms with Crippen molar-refractivity contribution >= 4 is 12.1 Å². The Labute approximate surface area is 129 Å². The molecule has 2 rings (SSSR count). The molecule has 0 aromatic heterocycles. The van der Waals surface area contributed by atoms with Crippen molar-refractivity contribution in [2.24, 2.45) is 5.10 Å². The van der Waals surface area contributed by atoms with E-state index in [1.807, 2.05) is 49.4 Å². The van der Waals surface area contributed by atoms with E-state index in [1.54, 1.807) is 19.4 Å². The quantitative estimate of drug-likeness (QED) is 0.658. The first-order valence-corrected chi connectivity index (χ1v) is 6.83. The smallest absolute Gasteiger partial charge is 0.277 e. The average molecular weight is 298 g/mol. The van der Waals surface area contributed by atoms with Crippen molar-refractivity contribution < 1.29 is 14.3 Å². The van der Waals surface area contributed by atoms with E-state index in [1.165, 1.54) is 0 Å². The fourth-order valence-corrected chi connectivity index (χ4v) is 1.76. The van der Waals surface area contributed by atoms with E-state index in [4.69, 9.17) is 9.47 Å². The van der Waals surface area contributed by atoms with Gasteiger partial charge in [-0.15, -0.1) is 0 Å². The van der Waals surface area contributed by atoms with Crippen LogP contribution >= 0.6 is 0 Å². The van der Waals surface area contributed by atoms with Crippen molar-refractivity contribution in [1.29, 1.82) is 0 Å². The van der Waals surface area contributed by atoms with Crippen LogP contribution in [0.5, 0.6) is 11.5 Å². The van der Waals surface area contributed by atoms with Crippen molar-refractivity contribution in [3.05, 3.63) is 59.7 Å². The highest BCUT2D eigenvalue weighted by molar-refractivity contribution is 5.83. The third kappa shape index (κ3) is 4.94. The van der Waals surface area contributed by atoms with E-state index in [-0.39, 0.29) is 12.5 Å². The first-order valence-electron chi connectivity index (χ1n) is 6.83. The van der Waals surface area contributed by atoms with Crippen LogP contribution in [0.4, 0.5) is 0 Å². The van der Waals surface area contributed by atoms with Crippen LogP contribution in [-0.4, -0.2) is 25.8 Å². The van der Waals surface area contributed by atoms with Gasteiger partial charge >= 0.3 is 0 Å². The van der Waals surface area contributed by atoms with Crippen molar-refractivity contribution in [1.82, 2.24) is 5.43 Å². The minimum absolute atomic E-state index is 0.0800. The Hall–Kier alpha value is -2.82. The number of carbonyl (C=O) groups excluding carboxylic acids is 1. The molecule has 0 aliphatic rings. The number of aryl methyl sites for hydroxylation is 1. The number of rotatable bonds is 6. The molecular weight excluding hydrogens is 280 g/mol. The summed E-state index contributed by atoms with van der Waals surface area (Å²) in [4.78, 5) is 11.6. The Bertz CT molecular complexity index is 651. The van der Waals surface area contributed by atoms with Gasteiger partial charge in [0, 0.05) is 0 Å². The van der Waals surface area contributed by atoms with Gasteiger partial charge in [0.2, 0.25) is 0 Å². The molecule has 5 heteroatoms. The normalized spacial score (nSPS) is 10.5. The van der Waals surface area contributed by atoms with Crippen LogP contribution in [0.25, 0.3) is 0 Å². The highest BCUT2D eigenvalue weighted by Gasteiger charge is 2.01. The molecule has 1 amide bonds. The molecular formula is C17H18N2O3. The molecule has 2 aromatic carbocycles. The number of amides is 1. The average Bonchev–Trinajstić information content (AvgIpc) is 2.54. The van der Waals surface area contributed by atoms with Gasteiger partial charge in [-0.3, -0.25) is 4.79 Å². The SMILES string of the molecule is COc1ccc(/C=N\NC(=O)COc2cccc(C)c2)cc1. The number of hydrogen-bond donors (Lipinski definition) is 1. The van der Waals surface area contributed by atoms with Gasteiger partial charge in [0.05, 0.1) is 13.3 Å². The Balaban J connectivity index is 1.78. The monoisotopic (exact) mass is 298 g/mol. The molecule has 0 bridgehead atoms. The molecule has 0 aliphatic carbocycles. The number of hydrazone groups is 1. The third-order valence-electron chi connectivity index (χ3n) is 2.88. The molecule has 0 saturated carbocycles. The molecule has 114 valence electrons. The highest BCUT2D eigenvalue weighted by Crippen LogP contribution is 2.12. The van der Waals surface area contributed by atoms with Crippen LogP contribution in [0.3, 0.4) is 0 Å². The molecule has 0 fully saturated rings. The number of benzene rings is 2. The molecule has 22 heavy (non-hydrogen) atoms. The second-order valence-corrected chi connectivity index (χ2v) is 4.67. The lowest BCUT2D eigenvalue weighted by atomic mass is 10.2. The van der Waals surface area contributed by atoms with E-state index in [9.17, 15) is 4.79 Å². The molecule has 0 spiro atoms. The Morgan fingerprint density at radius 1 is 1.18 bits per heavy atom. The summed E-state index contributed by atoms with van der Waals surface area (Å²) in [7, 11) is 1.61. The Morgan fingerprint density at radius 2 is 1.95 bits per heavy atom. The van der Waals surface area contributed by atoms with Crippen molar-refractivity contribution in [3.63, 3.8) is 0 Å². The fourth-order valence-electron chi connectivity index (χ4n) is 1.76. The number of ether oxygens (including phenoxy) is 2. The maximum absolute atomic E-state index is 11.6. The second kappa shape index (κ2) is 7.83. The van der Waals surface area contributed by atoms with Gasteiger partial charge in [-0.05, 0) is 54.4 Å². The van der Waals surface area contributed by atoms with Gasteiger partial charge in [-0.2, -0.15) is 5.10 Å². The largest absolute Gasteiger partial charge is 0.497 e. The van der Waals surface area contributed by atoms with Crippen molar-refractivity contribution in [2.45, 2.75) is 6.92 Å². The predicted octanol–water partition coefficient (Wildman–Crippen LogP) is 2.53. The third-order valence-corrected chi connectivity index (χ3v) is 2.88. The van der Waals surface area contributed by atoms with Gasteiger partial charge in [-0.25, -0.2) is 5.43 Å². The molecule has 0 heterocycles. The summed E-state index contributed by atoms with van der Waals surface area (Å²) in [5.74, 6) is 1.12. The standard InChI is InChI=1S/C17H18N2O3/c1-13-4-3-5-16(10-13)22-12-17(20)19-18-11-14-6-8-15(21-2)9-7-14/h3-11H,12H2,1-2H3,(H,19,20)/b18-11-. The number of nitrogens with zero attached hydrogens (tertiary/aromatic N) is 1. The van der Waals surface area contributed by atoms with E-state index >= 15 is 0 Å². The first-order chi connectivity index (χ1) is 10.7. The summed E-state index contributed by atoms with van der Waals surface area (Å²) in [6.07, 6.45) is 1.56. The molecule has 0 saturated heterocycles. The summed E-state index contributed by atoms with van der Waals surface area (Å²) in [5.41, 5.74) is 4.36. The van der Waals surface area contributed by atoms with Crippen LogP contribution < -0.4 is 14.9 Å². The van der Waals surface area contributed by atoms with Crippen LogP contribution in [0, 0.1) is 6.92 Å². The number of nitrogens with one attached hydrogen (secondary N) is 1. The van der Waals surface area contributed by atoms with Crippen LogP contribution in [0.2, 0.25) is 0 Å². The minimum atomic E-state index is -0.314. The molecule has 0 atom stereocenters. The fraction of sp³-hybridized carbons (Fsp3) is 0.176. The predicted molar refractivity (Wildman–Crippen MR) is 85.4 cm³/mol. The number of hydrogen-bond acceptors (Lipinski definition) is 4. The minimum Gasteiger partial charge on any atom is -0.497 e. The Morgan fingerprint density at radius 3 is 2.64 bits per heavy atom. The molecule has 1 N–H and O–H groups in total. The molecule has 0 radical (unpaired) electrons. The van der Waals surface area contributed by atoms with Gasteiger partial charge in [0.15, 0.2) is 6.61 Å². The zero-order valence-corrected chi connectivity index (χ0v) is 12.6. The summed E-state index contributed by atoms with van der Waals surface area (Å²) < 4.78 is 10.4. The molecule has 0 aliphatic heterocycles. The summed E-state index contributed by atoms with van der Waals surface area (Å²) in [6.45, 7) is 1.88. The Kier molecular flexibility index (Phi) is 5.54. The van der Waals surface area contributed by atoms with E-state index in [2.05, 4.69) is 10.5 Å². The van der Waals surface area contributed by atoms with Crippen LogP contribution in [0.1, 0.15) is 11.1 Å². The van der Waals surface area contributed by atoms with E-state index in [0.717, 1.165) is 16.9 Å². The summed E-state index contributed by atoms with van der Waals surface area (Å²) >= 11 is 0. The van der Waals surface area contributed by atoms with Gasteiger partial charge < -0.3 is 9.47 Å². The lowest BCUT2D eigenvalue weighted by Crippen LogP contribution is -2.24. The molecule has 0 unspecified atom stereocenters. The van der Waals surface area contributed by atoms with Gasteiger partial charge in [0.25, 0.3) is 5.91 Å². The molecule has 2 aromatic rings. The van der Waals surface area contributed by atoms with Crippen molar-refractivity contribution in [2.75, 3.05) is 13.7 Å². The number of methoxy groups -OCH3 is 1. The van der Waals surface area contributed by atoms with E-state index in [0.29, 0.717) is 5.75 Å². The number of carbonyl (C=O) groups is 1. The van der Waals surface area contributed by atoms with Crippen LogP contribution in [-0.2, 0) is 4.79 Å². The lowest BCUT2D eigenvalue weighted by Gasteiger charge is -2.05.